The van der Waals surface area contributed by atoms with E-state index in [1.54, 1.807) is 0 Å². The van der Waals surface area contributed by atoms with Crippen molar-refractivity contribution in [2.24, 2.45) is 0 Å². The maximum atomic E-state index is 13.0. The van der Waals surface area contributed by atoms with Gasteiger partial charge in [-0.15, -0.1) is 0 Å². The zero-order chi connectivity index (χ0) is 27.7. The molecule has 2 aromatic rings. The number of hydrogen-bond donors (Lipinski definition) is 2. The highest BCUT2D eigenvalue weighted by atomic mass is 32.1. The van der Waals surface area contributed by atoms with E-state index in [1.165, 1.54) is 12.8 Å². The number of rotatable bonds is 2. The molecule has 0 bridgehead atoms. The molecule has 0 unspecified atom stereocenters. The van der Waals surface area contributed by atoms with Crippen molar-refractivity contribution in [2.45, 2.75) is 55.8 Å². The van der Waals surface area contributed by atoms with Gasteiger partial charge >= 0.3 is 24.7 Å². The fourth-order valence-electron chi connectivity index (χ4n) is 3.32. The minimum Gasteiger partial charge on any atom is -0.306 e. The van der Waals surface area contributed by atoms with Gasteiger partial charge < -0.3 is 5.32 Å². The summed E-state index contributed by atoms with van der Waals surface area (Å²) >= 11 is 4.18. The standard InChI is InChI=1S/C18H10F12.C4H9NS/c1-8(9-2-11(15(19,20)21)6-12(3-9)16(22,23)24)10-4-13(17(25,26)27)7-14(5-10)18(28,29)30;6-4-2-1-3-5-4/h2-8H,1H3;4-6H,1-3H2/t;4-/m.1/s1. The van der Waals surface area contributed by atoms with E-state index in [2.05, 4.69) is 17.9 Å². The third kappa shape index (κ3) is 8.22. The van der Waals surface area contributed by atoms with Crippen LogP contribution in [-0.4, -0.2) is 11.9 Å². The summed E-state index contributed by atoms with van der Waals surface area (Å²) in [7, 11) is 0. The Balaban J connectivity index is 0.000000662. The SMILES string of the molecule is CC(c1cc(C(F)(F)F)cc(C(F)(F)F)c1)c1cc(C(F)(F)F)cc(C(F)(F)F)c1.S[C@@H]1CCCN1. The lowest BCUT2D eigenvalue weighted by atomic mass is 9.88. The van der Waals surface area contributed by atoms with Gasteiger partial charge in [0.2, 0.25) is 0 Å². The topological polar surface area (TPSA) is 12.0 Å². The minimum absolute atomic E-state index is 0.191. The summed E-state index contributed by atoms with van der Waals surface area (Å²) in [6.45, 7) is 2.07. The lowest BCUT2D eigenvalue weighted by molar-refractivity contribution is -0.144. The molecule has 1 heterocycles. The number of thiol groups is 1. The number of nitrogens with one attached hydrogen (secondary N) is 1. The highest BCUT2D eigenvalue weighted by Gasteiger charge is 2.39. The fourth-order valence-corrected chi connectivity index (χ4v) is 3.63. The zero-order valence-corrected chi connectivity index (χ0v) is 19.1. The first kappa shape index (κ1) is 30.1. The van der Waals surface area contributed by atoms with Crippen LogP contribution in [0.25, 0.3) is 0 Å². The quantitative estimate of drug-likeness (QED) is 0.279. The maximum Gasteiger partial charge on any atom is 0.416 e. The Morgan fingerprint density at radius 2 is 0.944 bits per heavy atom. The smallest absolute Gasteiger partial charge is 0.306 e. The first-order chi connectivity index (χ1) is 16.2. The van der Waals surface area contributed by atoms with Crippen molar-refractivity contribution in [3.8, 4) is 0 Å². The van der Waals surface area contributed by atoms with Crippen LogP contribution in [0.1, 0.15) is 59.1 Å². The lowest BCUT2D eigenvalue weighted by Crippen LogP contribution is -2.14. The molecule has 1 atom stereocenters. The van der Waals surface area contributed by atoms with E-state index in [1.807, 2.05) is 0 Å². The fraction of sp³-hybridized carbons (Fsp3) is 0.455. The predicted octanol–water partition coefficient (Wildman–Crippen LogP) is 8.54. The van der Waals surface area contributed by atoms with E-state index in [4.69, 9.17) is 0 Å². The van der Waals surface area contributed by atoms with Gasteiger partial charge in [0.1, 0.15) is 0 Å². The molecular formula is C22H19F12NS. The van der Waals surface area contributed by atoms with Gasteiger partial charge in [0.05, 0.1) is 27.6 Å². The van der Waals surface area contributed by atoms with Crippen LogP contribution in [0.5, 0.6) is 0 Å². The average molecular weight is 557 g/mol. The van der Waals surface area contributed by atoms with E-state index in [0.29, 0.717) is 5.37 Å². The number of halogens is 12. The molecule has 0 spiro atoms. The first-order valence-electron chi connectivity index (χ1n) is 10.2. The Morgan fingerprint density at radius 3 is 1.11 bits per heavy atom. The number of hydrogen-bond acceptors (Lipinski definition) is 2. The second-order valence-electron chi connectivity index (χ2n) is 8.01. The Kier molecular flexibility index (Phi) is 8.97. The van der Waals surface area contributed by atoms with Gasteiger partial charge in [0.25, 0.3) is 0 Å². The predicted molar refractivity (Wildman–Crippen MR) is 110 cm³/mol. The van der Waals surface area contributed by atoms with E-state index in [9.17, 15) is 52.7 Å². The van der Waals surface area contributed by atoms with Gasteiger partial charge in [-0.25, -0.2) is 0 Å². The number of benzene rings is 2. The van der Waals surface area contributed by atoms with Gasteiger partial charge in [-0.2, -0.15) is 65.3 Å². The highest BCUT2D eigenvalue weighted by molar-refractivity contribution is 7.80. The summed E-state index contributed by atoms with van der Waals surface area (Å²) in [5.74, 6) is -1.64. The highest BCUT2D eigenvalue weighted by Crippen LogP contribution is 2.41. The van der Waals surface area contributed by atoms with Crippen LogP contribution in [0.4, 0.5) is 52.7 Å². The summed E-state index contributed by atoms with van der Waals surface area (Å²) in [5.41, 5.74) is -8.43. The summed E-state index contributed by atoms with van der Waals surface area (Å²) in [6, 6.07) is 0.648. The molecule has 202 valence electrons. The second-order valence-corrected chi connectivity index (χ2v) is 8.64. The van der Waals surface area contributed by atoms with Crippen LogP contribution in [0.2, 0.25) is 0 Å². The molecular weight excluding hydrogens is 538 g/mol. The molecule has 1 fully saturated rings. The van der Waals surface area contributed by atoms with E-state index in [-0.39, 0.29) is 36.4 Å². The molecule has 1 aliphatic rings. The van der Waals surface area contributed by atoms with E-state index < -0.39 is 64.0 Å². The first-order valence-corrected chi connectivity index (χ1v) is 10.7. The van der Waals surface area contributed by atoms with Crippen molar-refractivity contribution in [1.29, 1.82) is 0 Å². The van der Waals surface area contributed by atoms with Crippen LogP contribution in [0, 0.1) is 0 Å². The third-order valence-electron chi connectivity index (χ3n) is 5.25. The number of alkyl halides is 12. The summed E-state index contributed by atoms with van der Waals surface area (Å²) in [6.07, 6.45) is -18.3. The van der Waals surface area contributed by atoms with Crippen LogP contribution in [0.3, 0.4) is 0 Å². The van der Waals surface area contributed by atoms with Crippen molar-refractivity contribution < 1.29 is 52.7 Å². The molecule has 14 heteroatoms. The van der Waals surface area contributed by atoms with E-state index in [0.717, 1.165) is 13.5 Å². The largest absolute Gasteiger partial charge is 0.416 e. The Hall–Kier alpha value is -2.09. The lowest BCUT2D eigenvalue weighted by Gasteiger charge is -2.20. The minimum atomic E-state index is -5.22. The molecule has 1 N–H and O–H groups in total. The van der Waals surface area contributed by atoms with Crippen molar-refractivity contribution in [1.82, 2.24) is 5.32 Å². The summed E-state index contributed by atoms with van der Waals surface area (Å²) in [4.78, 5) is 0. The monoisotopic (exact) mass is 557 g/mol. The summed E-state index contributed by atoms with van der Waals surface area (Å²) in [5, 5.41) is 3.67. The van der Waals surface area contributed by atoms with Crippen molar-refractivity contribution in [2.75, 3.05) is 6.54 Å². The molecule has 0 amide bonds. The normalized spacial score (nSPS) is 17.2. The molecule has 0 radical (unpaired) electrons. The molecule has 1 aliphatic heterocycles. The molecule has 36 heavy (non-hydrogen) atoms. The Bertz CT molecular complexity index is 891. The van der Waals surface area contributed by atoms with E-state index >= 15 is 0 Å². The van der Waals surface area contributed by atoms with Crippen molar-refractivity contribution in [3.63, 3.8) is 0 Å². The Labute approximate surface area is 203 Å². The van der Waals surface area contributed by atoms with Gasteiger partial charge in [-0.3, -0.25) is 0 Å². The molecule has 0 aromatic heterocycles. The summed E-state index contributed by atoms with van der Waals surface area (Å²) < 4.78 is 156. The maximum absolute atomic E-state index is 13.0. The van der Waals surface area contributed by atoms with Crippen molar-refractivity contribution in [3.05, 3.63) is 69.8 Å². The van der Waals surface area contributed by atoms with Gasteiger partial charge in [-0.05, 0) is 66.9 Å². The molecule has 0 saturated carbocycles. The average Bonchev–Trinajstić information content (AvgIpc) is 3.21. The molecule has 0 aliphatic carbocycles. The molecule has 2 aromatic carbocycles. The van der Waals surface area contributed by atoms with Crippen molar-refractivity contribution >= 4 is 12.6 Å². The van der Waals surface area contributed by atoms with Crippen LogP contribution in [0.15, 0.2) is 36.4 Å². The van der Waals surface area contributed by atoms with Gasteiger partial charge in [0.15, 0.2) is 0 Å². The van der Waals surface area contributed by atoms with Crippen LogP contribution < -0.4 is 5.32 Å². The zero-order valence-electron chi connectivity index (χ0n) is 18.2. The third-order valence-corrected chi connectivity index (χ3v) is 5.70. The molecule has 1 saturated heterocycles. The Morgan fingerprint density at radius 1 is 0.639 bits per heavy atom. The molecule has 3 rings (SSSR count). The van der Waals surface area contributed by atoms with Crippen LogP contribution in [-0.2, 0) is 24.7 Å². The van der Waals surface area contributed by atoms with Gasteiger partial charge in [-0.1, -0.05) is 6.92 Å². The van der Waals surface area contributed by atoms with Crippen LogP contribution >= 0.6 is 12.6 Å². The molecule has 1 nitrogen and oxygen atoms in total. The second kappa shape index (κ2) is 10.7. The van der Waals surface area contributed by atoms with Gasteiger partial charge in [0, 0.05) is 5.92 Å².